The number of nitriles is 1. The maximum Gasteiger partial charge on any atom is 0.0992 e. The van der Waals surface area contributed by atoms with Crippen LogP contribution in [0.2, 0.25) is 0 Å². The first-order valence-electron chi connectivity index (χ1n) is 5.88. The van der Waals surface area contributed by atoms with Crippen molar-refractivity contribution in [3.63, 3.8) is 0 Å². The topological polar surface area (TPSA) is 23.8 Å². The molecule has 0 saturated carbocycles. The Bertz CT molecular complexity index is 711. The zero-order valence-corrected chi connectivity index (χ0v) is 12.0. The molecular weight excluding hydrogens is 270 g/mol. The van der Waals surface area contributed by atoms with Crippen LogP contribution < -0.4 is 0 Å². The number of hydrogen-bond acceptors (Lipinski definition) is 3. The Morgan fingerprint density at radius 2 is 1.84 bits per heavy atom. The molecule has 3 heteroatoms. The highest BCUT2D eigenvalue weighted by Crippen LogP contribution is 2.38. The second kappa shape index (κ2) is 5.16. The van der Waals surface area contributed by atoms with Crippen LogP contribution in [-0.4, -0.2) is 6.26 Å². The Balaban J connectivity index is 2.10. The molecule has 1 aliphatic heterocycles. The average molecular weight is 281 g/mol. The largest absolute Gasteiger partial charge is 0.192 e. The Morgan fingerprint density at radius 1 is 1.00 bits per heavy atom. The Labute approximate surface area is 121 Å². The minimum absolute atomic E-state index is 0.712. The van der Waals surface area contributed by atoms with Gasteiger partial charge in [0.05, 0.1) is 11.6 Å². The molecule has 0 saturated heterocycles. The van der Waals surface area contributed by atoms with Crippen molar-refractivity contribution in [3.8, 4) is 6.07 Å². The van der Waals surface area contributed by atoms with Gasteiger partial charge in [-0.2, -0.15) is 5.26 Å². The van der Waals surface area contributed by atoms with Crippen molar-refractivity contribution in [1.29, 1.82) is 5.26 Å². The zero-order chi connectivity index (χ0) is 13.2. The van der Waals surface area contributed by atoms with Crippen molar-refractivity contribution in [3.05, 3.63) is 53.1 Å². The van der Waals surface area contributed by atoms with Crippen molar-refractivity contribution in [1.82, 2.24) is 0 Å². The first-order valence-corrected chi connectivity index (χ1v) is 7.92. The monoisotopic (exact) mass is 281 g/mol. The molecule has 92 valence electrons. The number of nitrogens with zero attached hydrogens (tertiary/aromatic N) is 1. The van der Waals surface area contributed by atoms with E-state index in [2.05, 4.69) is 42.7 Å². The van der Waals surface area contributed by atoms with Crippen LogP contribution in [-0.2, 0) is 0 Å². The van der Waals surface area contributed by atoms with Crippen LogP contribution in [0.15, 0.2) is 51.1 Å². The van der Waals surface area contributed by atoms with Crippen molar-refractivity contribution >= 4 is 35.7 Å². The fraction of sp³-hybridized carbons (Fsp3) is 0.0625. The summed E-state index contributed by atoms with van der Waals surface area (Å²) in [6.45, 7) is 0. The molecule has 0 aromatic heterocycles. The molecule has 2 aromatic rings. The minimum atomic E-state index is 0.712. The third-order valence-electron chi connectivity index (χ3n) is 3.02. The number of fused-ring (bicyclic) bond motifs is 2. The SMILES string of the molecule is CSc1ccc2c(c1)C=Cc1ccc(C#N)cc1S2. The van der Waals surface area contributed by atoms with Gasteiger partial charge in [0, 0.05) is 14.7 Å². The van der Waals surface area contributed by atoms with Crippen LogP contribution in [0.25, 0.3) is 12.2 Å². The van der Waals surface area contributed by atoms with E-state index in [-0.39, 0.29) is 0 Å². The summed E-state index contributed by atoms with van der Waals surface area (Å²) in [6.07, 6.45) is 6.36. The molecule has 0 spiro atoms. The van der Waals surface area contributed by atoms with Gasteiger partial charge in [-0.05, 0) is 47.7 Å². The van der Waals surface area contributed by atoms with Gasteiger partial charge in [-0.15, -0.1) is 11.8 Å². The second-order valence-electron chi connectivity index (χ2n) is 4.20. The molecule has 3 rings (SSSR count). The van der Waals surface area contributed by atoms with E-state index in [0.29, 0.717) is 5.56 Å². The molecule has 0 aliphatic carbocycles. The number of benzene rings is 2. The Kier molecular flexibility index (Phi) is 3.37. The van der Waals surface area contributed by atoms with Crippen molar-refractivity contribution in [2.75, 3.05) is 6.26 Å². The Hall–Kier alpha value is -1.63. The predicted octanol–water partition coefficient (Wildman–Crippen LogP) is 4.92. The average Bonchev–Trinajstić information content (AvgIpc) is 2.64. The fourth-order valence-corrected chi connectivity index (χ4v) is 3.51. The molecule has 1 heterocycles. The van der Waals surface area contributed by atoms with Gasteiger partial charge in [-0.3, -0.25) is 0 Å². The summed E-state index contributed by atoms with van der Waals surface area (Å²) >= 11 is 3.48. The summed E-state index contributed by atoms with van der Waals surface area (Å²) in [7, 11) is 0. The predicted molar refractivity (Wildman–Crippen MR) is 82.4 cm³/mol. The summed E-state index contributed by atoms with van der Waals surface area (Å²) in [5.74, 6) is 0. The van der Waals surface area contributed by atoms with Gasteiger partial charge in [0.1, 0.15) is 0 Å². The van der Waals surface area contributed by atoms with E-state index in [1.807, 2.05) is 18.2 Å². The molecule has 0 unspecified atom stereocenters. The third kappa shape index (κ3) is 2.42. The quantitative estimate of drug-likeness (QED) is 0.592. The molecule has 0 atom stereocenters. The van der Waals surface area contributed by atoms with Crippen LogP contribution in [0, 0.1) is 11.3 Å². The van der Waals surface area contributed by atoms with Crippen molar-refractivity contribution < 1.29 is 0 Å². The molecule has 2 aromatic carbocycles. The lowest BCUT2D eigenvalue weighted by molar-refractivity contribution is 1.32. The molecule has 1 nitrogen and oxygen atoms in total. The smallest absolute Gasteiger partial charge is 0.0992 e. The van der Waals surface area contributed by atoms with Crippen LogP contribution in [0.5, 0.6) is 0 Å². The molecule has 0 amide bonds. The van der Waals surface area contributed by atoms with Gasteiger partial charge >= 0.3 is 0 Å². The lowest BCUT2D eigenvalue weighted by atomic mass is 10.1. The molecule has 0 fully saturated rings. The van der Waals surface area contributed by atoms with Crippen LogP contribution in [0.3, 0.4) is 0 Å². The molecular formula is C16H11NS2. The van der Waals surface area contributed by atoms with Crippen molar-refractivity contribution in [2.45, 2.75) is 14.7 Å². The van der Waals surface area contributed by atoms with E-state index in [9.17, 15) is 0 Å². The van der Waals surface area contributed by atoms with Crippen LogP contribution >= 0.6 is 23.5 Å². The third-order valence-corrected chi connectivity index (χ3v) is 4.91. The van der Waals surface area contributed by atoms with E-state index >= 15 is 0 Å². The van der Waals surface area contributed by atoms with E-state index in [1.165, 1.54) is 20.9 Å². The summed E-state index contributed by atoms with van der Waals surface area (Å²) < 4.78 is 0. The van der Waals surface area contributed by atoms with Crippen LogP contribution in [0.1, 0.15) is 16.7 Å². The normalized spacial score (nSPS) is 12.2. The van der Waals surface area contributed by atoms with Gasteiger partial charge in [0.25, 0.3) is 0 Å². The summed E-state index contributed by atoms with van der Waals surface area (Å²) in [6, 6.07) is 14.5. The highest BCUT2D eigenvalue weighted by molar-refractivity contribution is 7.99. The maximum atomic E-state index is 8.99. The molecule has 0 bridgehead atoms. The standard InChI is InChI=1S/C16H11NS2/c1-18-14-6-7-15-13(9-14)5-4-12-3-2-11(10-17)8-16(12)19-15/h2-9H,1H3. The van der Waals surface area contributed by atoms with Crippen LogP contribution in [0.4, 0.5) is 0 Å². The molecule has 0 N–H and O–H groups in total. The number of rotatable bonds is 1. The lowest BCUT2D eigenvalue weighted by Crippen LogP contribution is -1.82. The Morgan fingerprint density at radius 3 is 2.63 bits per heavy atom. The van der Waals surface area contributed by atoms with Gasteiger partial charge in [-0.1, -0.05) is 30.0 Å². The van der Waals surface area contributed by atoms with E-state index < -0.39 is 0 Å². The maximum absolute atomic E-state index is 8.99. The lowest BCUT2D eigenvalue weighted by Gasteiger charge is -2.07. The summed E-state index contributed by atoms with van der Waals surface area (Å²) in [5, 5.41) is 8.99. The molecule has 0 radical (unpaired) electrons. The van der Waals surface area contributed by atoms with E-state index in [4.69, 9.17) is 5.26 Å². The first-order chi connectivity index (χ1) is 9.30. The number of thioether (sulfide) groups is 1. The minimum Gasteiger partial charge on any atom is -0.192 e. The van der Waals surface area contributed by atoms with Gasteiger partial charge in [0.2, 0.25) is 0 Å². The van der Waals surface area contributed by atoms with Gasteiger partial charge in [-0.25, -0.2) is 0 Å². The highest BCUT2D eigenvalue weighted by atomic mass is 32.2. The van der Waals surface area contributed by atoms with E-state index in [1.54, 1.807) is 23.5 Å². The number of hydrogen-bond donors (Lipinski definition) is 0. The molecule has 1 aliphatic rings. The van der Waals surface area contributed by atoms with E-state index in [0.717, 1.165) is 4.90 Å². The zero-order valence-electron chi connectivity index (χ0n) is 10.4. The first kappa shape index (κ1) is 12.4. The molecule has 19 heavy (non-hydrogen) atoms. The summed E-state index contributed by atoms with van der Waals surface area (Å²) in [5.41, 5.74) is 3.13. The highest BCUT2D eigenvalue weighted by Gasteiger charge is 2.11. The van der Waals surface area contributed by atoms with Gasteiger partial charge < -0.3 is 0 Å². The fourth-order valence-electron chi connectivity index (χ4n) is 2.00. The van der Waals surface area contributed by atoms with Crippen molar-refractivity contribution in [2.24, 2.45) is 0 Å². The second-order valence-corrected chi connectivity index (χ2v) is 6.17. The van der Waals surface area contributed by atoms with Gasteiger partial charge in [0.15, 0.2) is 0 Å². The summed E-state index contributed by atoms with van der Waals surface area (Å²) in [4.78, 5) is 3.65.